The molecule has 0 aliphatic heterocycles. The maximum absolute atomic E-state index is 11.5. The van der Waals surface area contributed by atoms with E-state index in [-0.39, 0.29) is 5.56 Å². The van der Waals surface area contributed by atoms with Crippen LogP contribution in [0.4, 0.5) is 0 Å². The fourth-order valence-corrected chi connectivity index (χ4v) is 3.18. The zero-order valence-corrected chi connectivity index (χ0v) is 9.94. The molecule has 2 nitrogen and oxygen atoms in total. The lowest BCUT2D eigenvalue weighted by molar-refractivity contribution is 1.18. The lowest BCUT2D eigenvalue weighted by Gasteiger charge is -1.95. The molecule has 0 bridgehead atoms. The fourth-order valence-electron chi connectivity index (χ4n) is 2.06. The van der Waals surface area contributed by atoms with Gasteiger partial charge in [0.25, 0.3) is 0 Å². The molecule has 2 heterocycles. The molecule has 0 spiro atoms. The van der Waals surface area contributed by atoms with Gasteiger partial charge in [-0.1, -0.05) is 11.6 Å². The number of hydrogen-bond donors (Lipinski definition) is 1. The third-order valence-electron chi connectivity index (χ3n) is 2.81. The standard InChI is InChI=1S/C13H11NOS/c1-7-3-4-11-9(5-7)10-6-12(15)14-8(2)13(10)16-11/h3-6H,1-2H3,(H,14,15). The van der Waals surface area contributed by atoms with E-state index in [9.17, 15) is 4.79 Å². The van der Waals surface area contributed by atoms with Crippen LogP contribution in [0.3, 0.4) is 0 Å². The molecule has 2 aromatic heterocycles. The average molecular weight is 229 g/mol. The lowest BCUT2D eigenvalue weighted by atomic mass is 10.1. The molecule has 0 saturated carbocycles. The first-order valence-electron chi connectivity index (χ1n) is 5.18. The van der Waals surface area contributed by atoms with E-state index < -0.39 is 0 Å². The van der Waals surface area contributed by atoms with Crippen LogP contribution in [0.1, 0.15) is 11.3 Å². The first kappa shape index (κ1) is 9.60. The first-order valence-corrected chi connectivity index (χ1v) is 5.99. The Kier molecular flexibility index (Phi) is 1.91. The number of benzene rings is 1. The third-order valence-corrected chi connectivity index (χ3v) is 4.11. The van der Waals surface area contributed by atoms with Gasteiger partial charge in [-0.25, -0.2) is 0 Å². The number of aryl methyl sites for hydroxylation is 2. The molecule has 0 saturated heterocycles. The van der Waals surface area contributed by atoms with Crippen molar-refractivity contribution in [2.45, 2.75) is 13.8 Å². The Morgan fingerprint density at radius 3 is 2.75 bits per heavy atom. The van der Waals surface area contributed by atoms with Crippen molar-refractivity contribution >= 4 is 31.5 Å². The predicted octanol–water partition coefficient (Wildman–Crippen LogP) is 3.36. The molecule has 0 fully saturated rings. The molecule has 0 aliphatic rings. The number of aromatic amines is 1. The quantitative estimate of drug-likeness (QED) is 0.630. The number of nitrogens with one attached hydrogen (secondary N) is 1. The number of hydrogen-bond acceptors (Lipinski definition) is 2. The van der Waals surface area contributed by atoms with Crippen molar-refractivity contribution in [2.24, 2.45) is 0 Å². The van der Waals surface area contributed by atoms with Crippen molar-refractivity contribution in [3.05, 3.63) is 45.9 Å². The van der Waals surface area contributed by atoms with E-state index in [0.717, 1.165) is 11.1 Å². The summed E-state index contributed by atoms with van der Waals surface area (Å²) in [6.45, 7) is 4.02. The van der Waals surface area contributed by atoms with E-state index in [0.29, 0.717) is 0 Å². The molecule has 3 heteroatoms. The minimum absolute atomic E-state index is 0.0220. The minimum Gasteiger partial charge on any atom is -0.325 e. The Balaban J connectivity index is 2.62. The molecular weight excluding hydrogens is 218 g/mol. The SMILES string of the molecule is Cc1ccc2sc3c(C)[nH]c(=O)cc3c2c1. The second kappa shape index (κ2) is 3.19. The smallest absolute Gasteiger partial charge is 0.248 e. The van der Waals surface area contributed by atoms with Crippen LogP contribution >= 0.6 is 11.3 Å². The summed E-state index contributed by atoms with van der Waals surface area (Å²) in [6, 6.07) is 8.07. The summed E-state index contributed by atoms with van der Waals surface area (Å²) >= 11 is 1.74. The summed E-state index contributed by atoms with van der Waals surface area (Å²) in [5.74, 6) is 0. The van der Waals surface area contributed by atoms with Crippen molar-refractivity contribution in [3.63, 3.8) is 0 Å². The van der Waals surface area contributed by atoms with Crippen LogP contribution < -0.4 is 5.56 Å². The van der Waals surface area contributed by atoms with E-state index >= 15 is 0 Å². The maximum Gasteiger partial charge on any atom is 0.248 e. The highest BCUT2D eigenvalue weighted by Crippen LogP contribution is 2.34. The highest BCUT2D eigenvalue weighted by Gasteiger charge is 2.08. The van der Waals surface area contributed by atoms with Gasteiger partial charge in [-0.3, -0.25) is 4.79 Å². The van der Waals surface area contributed by atoms with Crippen LogP contribution in [0.25, 0.3) is 20.2 Å². The van der Waals surface area contributed by atoms with E-state index in [1.807, 2.05) is 6.92 Å². The van der Waals surface area contributed by atoms with Gasteiger partial charge in [-0.05, 0) is 26.0 Å². The van der Waals surface area contributed by atoms with Gasteiger partial charge in [-0.2, -0.15) is 0 Å². The van der Waals surface area contributed by atoms with Gasteiger partial charge in [-0.15, -0.1) is 11.3 Å². The molecule has 16 heavy (non-hydrogen) atoms. The van der Waals surface area contributed by atoms with Gasteiger partial charge < -0.3 is 4.98 Å². The highest BCUT2D eigenvalue weighted by molar-refractivity contribution is 7.26. The minimum atomic E-state index is -0.0220. The van der Waals surface area contributed by atoms with Gasteiger partial charge in [0.15, 0.2) is 0 Å². The van der Waals surface area contributed by atoms with E-state index in [1.54, 1.807) is 17.4 Å². The van der Waals surface area contributed by atoms with Crippen molar-refractivity contribution in [1.82, 2.24) is 4.98 Å². The van der Waals surface area contributed by atoms with Crippen LogP contribution in [-0.2, 0) is 0 Å². The number of pyridine rings is 1. The van der Waals surface area contributed by atoms with E-state index in [1.165, 1.54) is 20.3 Å². The molecule has 0 atom stereocenters. The molecule has 0 aliphatic carbocycles. The molecule has 3 rings (SSSR count). The van der Waals surface area contributed by atoms with E-state index in [4.69, 9.17) is 0 Å². The Labute approximate surface area is 96.5 Å². The summed E-state index contributed by atoms with van der Waals surface area (Å²) in [6.07, 6.45) is 0. The average Bonchev–Trinajstić information content (AvgIpc) is 2.57. The van der Waals surface area contributed by atoms with Crippen LogP contribution in [-0.4, -0.2) is 4.98 Å². The Bertz CT molecular complexity index is 752. The summed E-state index contributed by atoms with van der Waals surface area (Å²) in [5.41, 5.74) is 2.16. The predicted molar refractivity (Wildman–Crippen MR) is 69.4 cm³/mol. The molecule has 80 valence electrons. The number of aromatic nitrogens is 1. The first-order chi connectivity index (χ1) is 7.65. The van der Waals surface area contributed by atoms with Crippen molar-refractivity contribution in [1.29, 1.82) is 0 Å². The van der Waals surface area contributed by atoms with Crippen LogP contribution in [0.15, 0.2) is 29.1 Å². The van der Waals surface area contributed by atoms with Crippen LogP contribution in [0.2, 0.25) is 0 Å². The number of thiophene rings is 1. The Morgan fingerprint density at radius 2 is 1.94 bits per heavy atom. The number of rotatable bonds is 0. The number of H-pyrrole nitrogens is 1. The lowest BCUT2D eigenvalue weighted by Crippen LogP contribution is -2.04. The summed E-state index contributed by atoms with van der Waals surface area (Å²) in [5, 5.41) is 2.26. The van der Waals surface area contributed by atoms with Gasteiger partial charge in [0.2, 0.25) is 5.56 Å². The molecule has 0 unspecified atom stereocenters. The molecular formula is C13H11NOS. The normalized spacial score (nSPS) is 11.4. The second-order valence-electron chi connectivity index (χ2n) is 4.10. The monoisotopic (exact) mass is 229 g/mol. The van der Waals surface area contributed by atoms with Crippen molar-refractivity contribution < 1.29 is 0 Å². The topological polar surface area (TPSA) is 32.9 Å². The second-order valence-corrected chi connectivity index (χ2v) is 5.16. The van der Waals surface area contributed by atoms with Crippen molar-refractivity contribution in [3.8, 4) is 0 Å². The largest absolute Gasteiger partial charge is 0.325 e. The van der Waals surface area contributed by atoms with Crippen LogP contribution in [0, 0.1) is 13.8 Å². The van der Waals surface area contributed by atoms with E-state index in [2.05, 4.69) is 30.1 Å². The molecule has 0 amide bonds. The zero-order chi connectivity index (χ0) is 11.3. The Hall–Kier alpha value is -1.61. The molecule has 1 aromatic carbocycles. The Morgan fingerprint density at radius 1 is 1.12 bits per heavy atom. The van der Waals surface area contributed by atoms with Gasteiger partial charge >= 0.3 is 0 Å². The van der Waals surface area contributed by atoms with Crippen molar-refractivity contribution in [2.75, 3.05) is 0 Å². The highest BCUT2D eigenvalue weighted by atomic mass is 32.1. The fraction of sp³-hybridized carbons (Fsp3) is 0.154. The van der Waals surface area contributed by atoms with Gasteiger partial charge in [0, 0.05) is 27.2 Å². The molecule has 0 radical (unpaired) electrons. The molecule has 3 aromatic rings. The zero-order valence-electron chi connectivity index (χ0n) is 9.13. The van der Waals surface area contributed by atoms with Gasteiger partial charge in [0.05, 0.1) is 4.70 Å². The van der Waals surface area contributed by atoms with Crippen LogP contribution in [0.5, 0.6) is 0 Å². The summed E-state index contributed by atoms with van der Waals surface area (Å²) < 4.78 is 2.42. The third kappa shape index (κ3) is 1.28. The molecule has 1 N–H and O–H groups in total. The van der Waals surface area contributed by atoms with Gasteiger partial charge in [0.1, 0.15) is 0 Å². The summed E-state index contributed by atoms with van der Waals surface area (Å²) in [7, 11) is 0. The summed E-state index contributed by atoms with van der Waals surface area (Å²) in [4.78, 5) is 14.3. The number of fused-ring (bicyclic) bond motifs is 3. The maximum atomic E-state index is 11.5.